The van der Waals surface area contributed by atoms with Gasteiger partial charge in [-0.1, -0.05) is 30.3 Å². The lowest BCUT2D eigenvalue weighted by Crippen LogP contribution is -2.31. The molecule has 0 saturated heterocycles. The Balaban J connectivity index is 1.69. The number of carbonyl (C=O) groups excluding carboxylic acids is 1. The van der Waals surface area contributed by atoms with E-state index in [0.717, 1.165) is 27.6 Å². The first-order valence-corrected chi connectivity index (χ1v) is 8.79. The van der Waals surface area contributed by atoms with Crippen molar-refractivity contribution >= 4 is 34.1 Å². The smallest absolute Gasteiger partial charge is 0.323 e. The van der Waals surface area contributed by atoms with Crippen LogP contribution in [0.25, 0.3) is 22.0 Å². The number of fused-ring (bicyclic) bond motifs is 1. The summed E-state index contributed by atoms with van der Waals surface area (Å²) in [6.07, 6.45) is 0. The van der Waals surface area contributed by atoms with E-state index in [1.54, 1.807) is 0 Å². The van der Waals surface area contributed by atoms with Gasteiger partial charge in [0.05, 0.1) is 16.9 Å². The number of H-pyrrole nitrogens is 1. The fourth-order valence-electron chi connectivity index (χ4n) is 3.25. The molecule has 0 aliphatic carbocycles. The van der Waals surface area contributed by atoms with Gasteiger partial charge in [0.2, 0.25) is 0 Å². The van der Waals surface area contributed by atoms with E-state index < -0.39 is 6.03 Å². The zero-order valence-corrected chi connectivity index (χ0v) is 15.1. The zero-order chi connectivity index (χ0) is 19.7. The average Bonchev–Trinajstić information content (AvgIpc) is 3.09. The van der Waals surface area contributed by atoms with Crippen LogP contribution >= 0.6 is 0 Å². The largest absolute Gasteiger partial charge is 0.382 e. The van der Waals surface area contributed by atoms with Crippen molar-refractivity contribution in [3.63, 3.8) is 0 Å². The number of amides is 2. The molecule has 7 heteroatoms. The second-order valence-corrected chi connectivity index (χ2v) is 6.46. The van der Waals surface area contributed by atoms with Gasteiger partial charge in [0.25, 0.3) is 0 Å². The second-order valence-electron chi connectivity index (χ2n) is 6.46. The quantitative estimate of drug-likeness (QED) is 0.437. The molecule has 140 valence electrons. The number of nitrogens with one attached hydrogen (secondary N) is 1. The first-order valence-electron chi connectivity index (χ1n) is 8.79. The molecular formula is C21H20N6O. The van der Waals surface area contributed by atoms with Crippen LogP contribution in [0, 0.1) is 0 Å². The summed E-state index contributed by atoms with van der Waals surface area (Å²) in [5.41, 5.74) is 22.3. The van der Waals surface area contributed by atoms with Crippen molar-refractivity contribution in [3.8, 4) is 11.1 Å². The molecule has 7 N–H and O–H groups in total. The zero-order valence-electron chi connectivity index (χ0n) is 15.1. The summed E-state index contributed by atoms with van der Waals surface area (Å²) >= 11 is 0. The van der Waals surface area contributed by atoms with E-state index >= 15 is 0 Å². The van der Waals surface area contributed by atoms with Crippen molar-refractivity contribution in [3.05, 3.63) is 72.3 Å². The maximum absolute atomic E-state index is 12.1. The van der Waals surface area contributed by atoms with E-state index in [0.29, 0.717) is 23.7 Å². The number of carbonyl (C=O) groups is 1. The Morgan fingerprint density at radius 2 is 1.71 bits per heavy atom. The molecule has 0 radical (unpaired) electrons. The molecule has 4 rings (SSSR count). The lowest BCUT2D eigenvalue weighted by Gasteiger charge is -2.21. The first-order chi connectivity index (χ1) is 13.6. The molecule has 0 saturated carbocycles. The van der Waals surface area contributed by atoms with Gasteiger partial charge < -0.3 is 17.2 Å². The fourth-order valence-corrected chi connectivity index (χ4v) is 3.25. The van der Waals surface area contributed by atoms with E-state index in [1.165, 1.54) is 4.90 Å². The van der Waals surface area contributed by atoms with Gasteiger partial charge >= 0.3 is 6.03 Å². The lowest BCUT2D eigenvalue weighted by atomic mass is 10.0. The van der Waals surface area contributed by atoms with Gasteiger partial charge in [-0.2, -0.15) is 5.10 Å². The molecule has 2 amide bonds. The number of nitrogen functional groups attached to an aromatic ring is 1. The molecule has 1 aromatic heterocycles. The van der Waals surface area contributed by atoms with E-state index in [1.807, 2.05) is 66.7 Å². The SMILES string of the molecule is NCc1cccc(N(C(N)=O)c2ccc(-c3ccc4c(N)n[nH]c4c3)cc2)c1. The topological polar surface area (TPSA) is 127 Å². The highest BCUT2D eigenvalue weighted by Gasteiger charge is 2.15. The summed E-state index contributed by atoms with van der Waals surface area (Å²) < 4.78 is 0. The number of hydrogen-bond acceptors (Lipinski definition) is 4. The highest BCUT2D eigenvalue weighted by Crippen LogP contribution is 2.30. The third-order valence-corrected chi connectivity index (χ3v) is 4.68. The van der Waals surface area contributed by atoms with Gasteiger partial charge in [0.15, 0.2) is 5.82 Å². The normalized spacial score (nSPS) is 10.9. The second kappa shape index (κ2) is 7.05. The van der Waals surface area contributed by atoms with Crippen LogP contribution in [0.1, 0.15) is 5.56 Å². The number of rotatable bonds is 4. The van der Waals surface area contributed by atoms with Crippen LogP contribution in [-0.4, -0.2) is 16.2 Å². The van der Waals surface area contributed by atoms with Crippen LogP contribution in [0.2, 0.25) is 0 Å². The van der Waals surface area contributed by atoms with Crippen LogP contribution in [0.3, 0.4) is 0 Å². The van der Waals surface area contributed by atoms with Gasteiger partial charge in [0.1, 0.15) is 0 Å². The molecular weight excluding hydrogens is 352 g/mol. The van der Waals surface area contributed by atoms with E-state index in [2.05, 4.69) is 10.2 Å². The molecule has 0 unspecified atom stereocenters. The number of aromatic amines is 1. The van der Waals surface area contributed by atoms with Crippen molar-refractivity contribution in [1.29, 1.82) is 0 Å². The van der Waals surface area contributed by atoms with Gasteiger partial charge in [-0.25, -0.2) is 4.79 Å². The summed E-state index contributed by atoms with van der Waals surface area (Å²) in [7, 11) is 0. The van der Waals surface area contributed by atoms with Gasteiger partial charge in [-0.3, -0.25) is 10.00 Å². The molecule has 0 bridgehead atoms. The fraction of sp³-hybridized carbons (Fsp3) is 0.0476. The summed E-state index contributed by atoms with van der Waals surface area (Å²) in [5, 5.41) is 7.83. The first kappa shape index (κ1) is 17.6. The Labute approximate surface area is 161 Å². The van der Waals surface area contributed by atoms with E-state index in [9.17, 15) is 4.79 Å². The minimum Gasteiger partial charge on any atom is -0.382 e. The van der Waals surface area contributed by atoms with Crippen molar-refractivity contribution in [2.75, 3.05) is 10.6 Å². The third-order valence-electron chi connectivity index (χ3n) is 4.68. The van der Waals surface area contributed by atoms with Crippen LogP contribution in [0.5, 0.6) is 0 Å². The van der Waals surface area contributed by atoms with Crippen LogP contribution in [0.4, 0.5) is 22.0 Å². The Morgan fingerprint density at radius 3 is 2.43 bits per heavy atom. The van der Waals surface area contributed by atoms with Crippen LogP contribution in [-0.2, 0) is 6.54 Å². The number of benzene rings is 3. The van der Waals surface area contributed by atoms with Crippen LogP contribution in [0.15, 0.2) is 66.7 Å². The highest BCUT2D eigenvalue weighted by molar-refractivity contribution is 5.99. The Kier molecular flexibility index (Phi) is 4.42. The van der Waals surface area contributed by atoms with Gasteiger partial charge in [-0.05, 0) is 53.1 Å². The maximum Gasteiger partial charge on any atom is 0.323 e. The molecule has 28 heavy (non-hydrogen) atoms. The van der Waals surface area contributed by atoms with E-state index in [-0.39, 0.29) is 0 Å². The number of nitrogens with zero attached hydrogens (tertiary/aromatic N) is 2. The summed E-state index contributed by atoms with van der Waals surface area (Å²) in [4.78, 5) is 13.6. The molecule has 1 heterocycles. The summed E-state index contributed by atoms with van der Waals surface area (Å²) in [5.74, 6) is 0.480. The molecule has 3 aromatic carbocycles. The number of primary amides is 1. The van der Waals surface area contributed by atoms with Crippen molar-refractivity contribution < 1.29 is 4.79 Å². The van der Waals surface area contributed by atoms with Crippen molar-refractivity contribution in [2.24, 2.45) is 11.5 Å². The Bertz CT molecular complexity index is 1150. The monoisotopic (exact) mass is 372 g/mol. The Morgan fingerprint density at radius 1 is 0.964 bits per heavy atom. The Hall–Kier alpha value is -3.84. The predicted molar refractivity (Wildman–Crippen MR) is 112 cm³/mol. The van der Waals surface area contributed by atoms with Gasteiger partial charge in [-0.15, -0.1) is 0 Å². The molecule has 0 aliphatic heterocycles. The molecule has 0 fully saturated rings. The lowest BCUT2D eigenvalue weighted by molar-refractivity contribution is 0.256. The summed E-state index contributed by atoms with van der Waals surface area (Å²) in [6.45, 7) is 0.389. The maximum atomic E-state index is 12.1. The molecule has 7 nitrogen and oxygen atoms in total. The van der Waals surface area contributed by atoms with Crippen molar-refractivity contribution in [1.82, 2.24) is 10.2 Å². The molecule has 4 aromatic rings. The number of nitrogens with two attached hydrogens (primary N) is 3. The molecule has 0 atom stereocenters. The third kappa shape index (κ3) is 3.15. The molecule has 0 aliphatic rings. The predicted octanol–water partition coefficient (Wildman–Crippen LogP) is 3.49. The minimum absolute atomic E-state index is 0.389. The van der Waals surface area contributed by atoms with Gasteiger partial charge in [0, 0.05) is 11.9 Å². The summed E-state index contributed by atoms with van der Waals surface area (Å²) in [6, 6.07) is 20.4. The van der Waals surface area contributed by atoms with Crippen LogP contribution < -0.4 is 22.1 Å². The number of anilines is 3. The standard InChI is InChI=1S/C21H20N6O/c22-12-13-2-1-3-17(10-13)27(21(24)28)16-7-4-14(5-8-16)15-6-9-18-19(11-15)25-26-20(18)23/h1-11H,12,22H2,(H2,24,28)(H3,23,25,26). The number of urea groups is 1. The average molecular weight is 372 g/mol. The molecule has 0 spiro atoms. The number of hydrogen-bond donors (Lipinski definition) is 4. The van der Waals surface area contributed by atoms with Crippen molar-refractivity contribution in [2.45, 2.75) is 6.54 Å². The van der Waals surface area contributed by atoms with E-state index in [4.69, 9.17) is 17.2 Å². The minimum atomic E-state index is -0.559. The number of aromatic nitrogens is 2. The highest BCUT2D eigenvalue weighted by atomic mass is 16.2.